The molecule has 1 atom stereocenters. The Labute approximate surface area is 103 Å². The van der Waals surface area contributed by atoms with Crippen molar-refractivity contribution in [2.24, 2.45) is 0 Å². The van der Waals surface area contributed by atoms with Crippen LogP contribution in [0.25, 0.3) is 0 Å². The highest BCUT2D eigenvalue weighted by molar-refractivity contribution is 8.14. The fourth-order valence-corrected chi connectivity index (χ4v) is 2.66. The molecule has 1 amide bonds. The SMILES string of the molecule is O=C(N[C@H]1CCSC1=O)c1ccccc1Cl. The highest BCUT2D eigenvalue weighted by Gasteiger charge is 2.27. The van der Waals surface area contributed by atoms with Crippen LogP contribution in [0.1, 0.15) is 16.8 Å². The summed E-state index contributed by atoms with van der Waals surface area (Å²) >= 11 is 7.15. The first kappa shape index (κ1) is 11.5. The van der Waals surface area contributed by atoms with Gasteiger partial charge < -0.3 is 5.32 Å². The Balaban J connectivity index is 2.09. The molecule has 1 N–H and O–H groups in total. The van der Waals surface area contributed by atoms with Crippen molar-refractivity contribution in [1.82, 2.24) is 5.32 Å². The van der Waals surface area contributed by atoms with Crippen molar-refractivity contribution in [3.63, 3.8) is 0 Å². The molecule has 1 aliphatic rings. The number of carbonyl (C=O) groups is 2. The minimum absolute atomic E-state index is 0.0282. The van der Waals surface area contributed by atoms with Gasteiger partial charge in [-0.1, -0.05) is 35.5 Å². The van der Waals surface area contributed by atoms with E-state index in [2.05, 4.69) is 5.32 Å². The van der Waals surface area contributed by atoms with Gasteiger partial charge in [0.05, 0.1) is 16.6 Å². The highest BCUT2D eigenvalue weighted by atomic mass is 35.5. The van der Waals surface area contributed by atoms with Gasteiger partial charge in [0.15, 0.2) is 0 Å². The molecule has 0 bridgehead atoms. The molecule has 1 aliphatic heterocycles. The van der Waals surface area contributed by atoms with Gasteiger partial charge in [0.25, 0.3) is 5.91 Å². The molecule has 3 nitrogen and oxygen atoms in total. The van der Waals surface area contributed by atoms with Gasteiger partial charge in [0.2, 0.25) is 5.12 Å². The zero-order chi connectivity index (χ0) is 11.5. The molecular weight excluding hydrogens is 246 g/mol. The van der Waals surface area contributed by atoms with E-state index in [1.54, 1.807) is 24.3 Å². The van der Waals surface area contributed by atoms with Crippen molar-refractivity contribution in [1.29, 1.82) is 0 Å². The third-order valence-electron chi connectivity index (χ3n) is 2.36. The summed E-state index contributed by atoms with van der Waals surface area (Å²) in [6.07, 6.45) is 0.694. The molecule has 0 saturated carbocycles. The number of halogens is 1. The van der Waals surface area contributed by atoms with E-state index < -0.39 is 0 Å². The van der Waals surface area contributed by atoms with Crippen LogP contribution in [0.5, 0.6) is 0 Å². The molecule has 1 aromatic carbocycles. The van der Waals surface area contributed by atoms with Crippen molar-refractivity contribution < 1.29 is 9.59 Å². The second kappa shape index (κ2) is 4.89. The monoisotopic (exact) mass is 255 g/mol. The number of nitrogens with one attached hydrogen (secondary N) is 1. The van der Waals surface area contributed by atoms with Crippen molar-refractivity contribution in [3.05, 3.63) is 34.9 Å². The molecule has 84 valence electrons. The number of thioether (sulfide) groups is 1. The molecule has 16 heavy (non-hydrogen) atoms. The van der Waals surface area contributed by atoms with Crippen LogP contribution in [0.3, 0.4) is 0 Å². The Hall–Kier alpha value is -1.00. The first-order chi connectivity index (χ1) is 7.68. The number of benzene rings is 1. The van der Waals surface area contributed by atoms with Crippen molar-refractivity contribution in [2.45, 2.75) is 12.5 Å². The van der Waals surface area contributed by atoms with Crippen LogP contribution in [0.4, 0.5) is 0 Å². The summed E-state index contributed by atoms with van der Waals surface area (Å²) in [7, 11) is 0. The molecule has 2 rings (SSSR count). The van der Waals surface area contributed by atoms with Crippen LogP contribution >= 0.6 is 23.4 Å². The second-order valence-corrected chi connectivity index (χ2v) is 4.97. The molecule has 5 heteroatoms. The zero-order valence-corrected chi connectivity index (χ0v) is 9.98. The number of amides is 1. The van der Waals surface area contributed by atoms with E-state index in [0.29, 0.717) is 17.0 Å². The van der Waals surface area contributed by atoms with Gasteiger partial charge in [0, 0.05) is 5.75 Å². The summed E-state index contributed by atoms with van der Waals surface area (Å²) < 4.78 is 0. The Kier molecular flexibility index (Phi) is 3.51. The van der Waals surface area contributed by atoms with Gasteiger partial charge in [-0.05, 0) is 18.6 Å². The molecule has 0 unspecified atom stereocenters. The number of hydrogen-bond acceptors (Lipinski definition) is 3. The topological polar surface area (TPSA) is 46.2 Å². The average molecular weight is 256 g/mol. The minimum Gasteiger partial charge on any atom is -0.341 e. The van der Waals surface area contributed by atoms with Crippen LogP contribution in [0.2, 0.25) is 5.02 Å². The number of rotatable bonds is 2. The number of carbonyl (C=O) groups excluding carboxylic acids is 2. The predicted octanol–water partition coefficient (Wildman–Crippen LogP) is 2.10. The third-order valence-corrected chi connectivity index (χ3v) is 3.70. The first-order valence-electron chi connectivity index (χ1n) is 4.90. The lowest BCUT2D eigenvalue weighted by Crippen LogP contribution is -2.37. The van der Waals surface area contributed by atoms with Crippen LogP contribution in [0.15, 0.2) is 24.3 Å². The van der Waals surface area contributed by atoms with E-state index in [9.17, 15) is 9.59 Å². The standard InChI is InChI=1S/C11H10ClNO2S/c12-8-4-2-1-3-7(8)10(14)13-9-5-6-16-11(9)15/h1-4,9H,5-6H2,(H,13,14)/t9-/m0/s1. The van der Waals surface area contributed by atoms with E-state index in [4.69, 9.17) is 11.6 Å². The van der Waals surface area contributed by atoms with E-state index >= 15 is 0 Å². The zero-order valence-electron chi connectivity index (χ0n) is 8.40. The quantitative estimate of drug-likeness (QED) is 0.880. The Morgan fingerprint density at radius 3 is 2.81 bits per heavy atom. The van der Waals surface area contributed by atoms with Crippen molar-refractivity contribution in [3.8, 4) is 0 Å². The van der Waals surface area contributed by atoms with Gasteiger partial charge in [-0.3, -0.25) is 9.59 Å². The normalized spacial score (nSPS) is 19.8. The van der Waals surface area contributed by atoms with E-state index in [-0.39, 0.29) is 17.1 Å². The average Bonchev–Trinajstić information content (AvgIpc) is 2.65. The Morgan fingerprint density at radius 2 is 2.19 bits per heavy atom. The lowest BCUT2D eigenvalue weighted by Gasteiger charge is -2.10. The third kappa shape index (κ3) is 2.39. The Bertz CT molecular complexity index is 436. The summed E-state index contributed by atoms with van der Waals surface area (Å²) in [6.45, 7) is 0. The molecule has 0 aliphatic carbocycles. The summed E-state index contributed by atoms with van der Waals surface area (Å²) in [5, 5.41) is 3.12. The molecule has 1 aromatic rings. The molecule has 1 fully saturated rings. The molecule has 0 aromatic heterocycles. The molecule has 1 saturated heterocycles. The minimum atomic E-state index is -0.367. The number of hydrogen-bond donors (Lipinski definition) is 1. The van der Waals surface area contributed by atoms with Crippen LogP contribution in [0, 0.1) is 0 Å². The lowest BCUT2D eigenvalue weighted by atomic mass is 10.2. The second-order valence-electron chi connectivity index (χ2n) is 3.46. The highest BCUT2D eigenvalue weighted by Crippen LogP contribution is 2.21. The lowest BCUT2D eigenvalue weighted by molar-refractivity contribution is -0.112. The summed E-state index contributed by atoms with van der Waals surface area (Å²) in [5.41, 5.74) is 0.411. The smallest absolute Gasteiger partial charge is 0.253 e. The maximum atomic E-state index is 11.8. The van der Waals surface area contributed by atoms with Crippen LogP contribution < -0.4 is 5.32 Å². The van der Waals surface area contributed by atoms with Gasteiger partial charge in [0.1, 0.15) is 0 Å². The summed E-state index contributed by atoms with van der Waals surface area (Å²) in [5.74, 6) is 0.484. The molecule has 0 radical (unpaired) electrons. The molecular formula is C11H10ClNO2S. The van der Waals surface area contributed by atoms with Gasteiger partial charge >= 0.3 is 0 Å². The van der Waals surface area contributed by atoms with E-state index in [0.717, 1.165) is 5.75 Å². The fraction of sp³-hybridized carbons (Fsp3) is 0.273. The first-order valence-corrected chi connectivity index (χ1v) is 6.27. The van der Waals surface area contributed by atoms with Gasteiger partial charge in [-0.2, -0.15) is 0 Å². The van der Waals surface area contributed by atoms with Gasteiger partial charge in [-0.25, -0.2) is 0 Å². The van der Waals surface area contributed by atoms with Crippen LogP contribution in [-0.2, 0) is 4.79 Å². The van der Waals surface area contributed by atoms with E-state index in [1.165, 1.54) is 11.8 Å². The molecule has 1 heterocycles. The summed E-state index contributed by atoms with van der Waals surface area (Å²) in [4.78, 5) is 23.2. The maximum Gasteiger partial charge on any atom is 0.253 e. The molecule has 0 spiro atoms. The predicted molar refractivity (Wildman–Crippen MR) is 64.8 cm³/mol. The van der Waals surface area contributed by atoms with E-state index in [1.807, 2.05) is 0 Å². The fourth-order valence-electron chi connectivity index (χ4n) is 1.51. The van der Waals surface area contributed by atoms with Gasteiger partial charge in [-0.15, -0.1) is 0 Å². The van der Waals surface area contributed by atoms with Crippen LogP contribution in [-0.4, -0.2) is 22.8 Å². The summed E-state index contributed by atoms with van der Waals surface area (Å²) in [6, 6.07) is 6.43. The maximum absolute atomic E-state index is 11.8. The largest absolute Gasteiger partial charge is 0.341 e. The van der Waals surface area contributed by atoms with Crippen molar-refractivity contribution in [2.75, 3.05) is 5.75 Å². The van der Waals surface area contributed by atoms with Crippen molar-refractivity contribution >= 4 is 34.4 Å². The Morgan fingerprint density at radius 1 is 1.44 bits per heavy atom.